The van der Waals surface area contributed by atoms with Gasteiger partial charge in [0, 0.05) is 17.1 Å². The van der Waals surface area contributed by atoms with Crippen molar-refractivity contribution in [2.24, 2.45) is 0 Å². The Morgan fingerprint density at radius 1 is 1.29 bits per heavy atom. The fourth-order valence-electron chi connectivity index (χ4n) is 2.44. The van der Waals surface area contributed by atoms with Crippen molar-refractivity contribution in [2.45, 2.75) is 33.4 Å². The standard InChI is InChI=1S/C18H20N4OS/c1-12(2)22(11-14-6-4-5-9-19-14)18(23)16-10-15(20-21-16)17-8-7-13(3)24-17/h4-10,12H,11H2,1-3H3,(H,20,21). The molecule has 24 heavy (non-hydrogen) atoms. The van der Waals surface area contributed by atoms with Crippen molar-refractivity contribution in [1.82, 2.24) is 20.1 Å². The lowest BCUT2D eigenvalue weighted by Crippen LogP contribution is -2.36. The lowest BCUT2D eigenvalue weighted by atomic mass is 10.2. The van der Waals surface area contributed by atoms with Crippen molar-refractivity contribution in [3.8, 4) is 10.6 Å². The quantitative estimate of drug-likeness (QED) is 0.766. The van der Waals surface area contributed by atoms with Gasteiger partial charge in [0.05, 0.1) is 22.8 Å². The van der Waals surface area contributed by atoms with E-state index in [1.54, 1.807) is 22.4 Å². The van der Waals surface area contributed by atoms with Crippen molar-refractivity contribution in [3.63, 3.8) is 0 Å². The fraction of sp³-hybridized carbons (Fsp3) is 0.278. The smallest absolute Gasteiger partial charge is 0.274 e. The minimum absolute atomic E-state index is 0.0589. The Kier molecular flexibility index (Phi) is 4.76. The highest BCUT2D eigenvalue weighted by Gasteiger charge is 2.22. The lowest BCUT2D eigenvalue weighted by Gasteiger charge is -2.25. The molecule has 3 aromatic heterocycles. The first-order valence-corrected chi connectivity index (χ1v) is 8.69. The van der Waals surface area contributed by atoms with Crippen LogP contribution in [0, 0.1) is 6.92 Å². The van der Waals surface area contributed by atoms with Gasteiger partial charge in [0.25, 0.3) is 5.91 Å². The zero-order valence-electron chi connectivity index (χ0n) is 14.0. The minimum atomic E-state index is -0.0913. The van der Waals surface area contributed by atoms with E-state index in [4.69, 9.17) is 0 Å². The van der Waals surface area contributed by atoms with E-state index in [9.17, 15) is 4.79 Å². The maximum Gasteiger partial charge on any atom is 0.274 e. The summed E-state index contributed by atoms with van der Waals surface area (Å²) in [6.45, 7) is 6.52. The molecule has 0 fully saturated rings. The number of pyridine rings is 1. The second kappa shape index (κ2) is 6.97. The Balaban J connectivity index is 1.82. The SMILES string of the molecule is Cc1ccc(-c2cc(C(=O)N(Cc3ccccn3)C(C)C)n[nH]2)s1. The summed E-state index contributed by atoms with van der Waals surface area (Å²) in [5, 5.41) is 7.19. The van der Waals surface area contributed by atoms with E-state index < -0.39 is 0 Å². The molecule has 6 heteroatoms. The highest BCUT2D eigenvalue weighted by atomic mass is 32.1. The van der Waals surface area contributed by atoms with Crippen LogP contribution in [0.2, 0.25) is 0 Å². The third-order valence-corrected chi connectivity index (χ3v) is 4.78. The van der Waals surface area contributed by atoms with E-state index in [-0.39, 0.29) is 11.9 Å². The van der Waals surface area contributed by atoms with Gasteiger partial charge in [-0.2, -0.15) is 5.10 Å². The molecule has 0 saturated heterocycles. The Bertz CT molecular complexity index is 822. The summed E-state index contributed by atoms with van der Waals surface area (Å²) in [7, 11) is 0. The number of thiophene rings is 1. The molecule has 124 valence electrons. The van der Waals surface area contributed by atoms with Gasteiger partial charge in [-0.15, -0.1) is 11.3 Å². The molecule has 3 heterocycles. The van der Waals surface area contributed by atoms with Crippen molar-refractivity contribution >= 4 is 17.2 Å². The Labute approximate surface area is 145 Å². The van der Waals surface area contributed by atoms with Crippen molar-refractivity contribution < 1.29 is 4.79 Å². The maximum atomic E-state index is 12.9. The van der Waals surface area contributed by atoms with Gasteiger partial charge in [0.15, 0.2) is 5.69 Å². The van der Waals surface area contributed by atoms with Crippen molar-refractivity contribution in [3.05, 3.63) is 58.9 Å². The molecule has 0 aliphatic rings. The molecule has 0 saturated carbocycles. The average molecular weight is 340 g/mol. The molecule has 5 nitrogen and oxygen atoms in total. The molecular weight excluding hydrogens is 320 g/mol. The summed E-state index contributed by atoms with van der Waals surface area (Å²) in [6, 6.07) is 11.7. The van der Waals surface area contributed by atoms with E-state index >= 15 is 0 Å². The highest BCUT2D eigenvalue weighted by Crippen LogP contribution is 2.26. The molecule has 1 N–H and O–H groups in total. The number of H-pyrrole nitrogens is 1. The Morgan fingerprint density at radius 2 is 2.12 bits per heavy atom. The number of hydrogen-bond acceptors (Lipinski definition) is 4. The molecule has 0 aromatic carbocycles. The zero-order valence-corrected chi connectivity index (χ0v) is 14.8. The maximum absolute atomic E-state index is 12.9. The molecule has 0 spiro atoms. The van der Waals surface area contributed by atoms with Crippen LogP contribution in [0.25, 0.3) is 10.6 Å². The molecule has 0 bridgehead atoms. The van der Waals surface area contributed by atoms with Crippen LogP contribution in [0.4, 0.5) is 0 Å². The number of nitrogens with one attached hydrogen (secondary N) is 1. The first-order chi connectivity index (χ1) is 11.5. The third kappa shape index (κ3) is 3.54. The van der Waals surface area contributed by atoms with Gasteiger partial charge in [-0.3, -0.25) is 14.9 Å². The summed E-state index contributed by atoms with van der Waals surface area (Å²) in [6.07, 6.45) is 1.74. The second-order valence-corrected chi connectivity index (χ2v) is 7.21. The molecule has 1 amide bonds. The number of aryl methyl sites for hydroxylation is 1. The van der Waals surface area contributed by atoms with Crippen LogP contribution in [-0.2, 0) is 6.54 Å². The number of carbonyl (C=O) groups is 1. The van der Waals surface area contributed by atoms with Gasteiger partial charge in [-0.1, -0.05) is 6.07 Å². The van der Waals surface area contributed by atoms with Crippen molar-refractivity contribution in [1.29, 1.82) is 0 Å². The van der Waals surface area contributed by atoms with Gasteiger partial charge in [0.1, 0.15) is 0 Å². The number of aromatic nitrogens is 3. The van der Waals surface area contributed by atoms with Crippen LogP contribution < -0.4 is 0 Å². The van der Waals surface area contributed by atoms with Crippen molar-refractivity contribution in [2.75, 3.05) is 0 Å². The van der Waals surface area contributed by atoms with E-state index in [1.807, 2.05) is 44.2 Å². The average Bonchev–Trinajstić information content (AvgIpc) is 3.21. The van der Waals surface area contributed by atoms with Crippen LogP contribution in [-0.4, -0.2) is 32.0 Å². The molecule has 0 aliphatic heterocycles. The highest BCUT2D eigenvalue weighted by molar-refractivity contribution is 7.15. The molecule has 3 rings (SSSR count). The van der Waals surface area contributed by atoms with E-state index in [0.717, 1.165) is 16.3 Å². The Hall–Kier alpha value is -2.47. The number of amides is 1. The molecule has 0 atom stereocenters. The largest absolute Gasteiger partial charge is 0.329 e. The van der Waals surface area contributed by atoms with Crippen LogP contribution >= 0.6 is 11.3 Å². The summed E-state index contributed by atoms with van der Waals surface area (Å²) in [5.74, 6) is -0.0913. The first-order valence-electron chi connectivity index (χ1n) is 7.87. The second-order valence-electron chi connectivity index (χ2n) is 5.93. The normalized spacial score (nSPS) is 11.0. The summed E-state index contributed by atoms with van der Waals surface area (Å²) < 4.78 is 0. The predicted molar refractivity (Wildman–Crippen MR) is 95.9 cm³/mol. The summed E-state index contributed by atoms with van der Waals surface area (Å²) in [5.41, 5.74) is 2.17. The zero-order chi connectivity index (χ0) is 17.1. The summed E-state index contributed by atoms with van der Waals surface area (Å²) in [4.78, 5) is 21.3. The number of rotatable bonds is 5. The molecule has 3 aromatic rings. The number of hydrogen-bond donors (Lipinski definition) is 1. The van der Waals surface area contributed by atoms with E-state index in [2.05, 4.69) is 28.2 Å². The molecular formula is C18H20N4OS. The van der Waals surface area contributed by atoms with Gasteiger partial charge in [0.2, 0.25) is 0 Å². The van der Waals surface area contributed by atoms with Gasteiger partial charge >= 0.3 is 0 Å². The Morgan fingerprint density at radius 3 is 2.75 bits per heavy atom. The monoisotopic (exact) mass is 340 g/mol. The van der Waals surface area contributed by atoms with Gasteiger partial charge < -0.3 is 4.90 Å². The fourth-order valence-corrected chi connectivity index (χ4v) is 3.27. The molecule has 0 radical (unpaired) electrons. The molecule has 0 unspecified atom stereocenters. The minimum Gasteiger partial charge on any atom is -0.329 e. The summed E-state index contributed by atoms with van der Waals surface area (Å²) >= 11 is 1.68. The number of carbonyl (C=O) groups excluding carboxylic acids is 1. The van der Waals surface area contributed by atoms with E-state index in [1.165, 1.54) is 4.88 Å². The first kappa shape index (κ1) is 16.4. The van der Waals surface area contributed by atoms with Crippen LogP contribution in [0.15, 0.2) is 42.6 Å². The van der Waals surface area contributed by atoms with Crippen LogP contribution in [0.3, 0.4) is 0 Å². The van der Waals surface area contributed by atoms with Gasteiger partial charge in [-0.25, -0.2) is 0 Å². The van der Waals surface area contributed by atoms with E-state index in [0.29, 0.717) is 12.2 Å². The molecule has 0 aliphatic carbocycles. The van der Waals surface area contributed by atoms with Gasteiger partial charge in [-0.05, 0) is 51.1 Å². The topological polar surface area (TPSA) is 61.9 Å². The third-order valence-electron chi connectivity index (χ3n) is 3.75. The predicted octanol–water partition coefficient (Wildman–Crippen LogP) is 3.89. The number of nitrogens with zero attached hydrogens (tertiary/aromatic N) is 3. The van der Waals surface area contributed by atoms with Crippen LogP contribution in [0.1, 0.15) is 34.9 Å². The van der Waals surface area contributed by atoms with Crippen LogP contribution in [0.5, 0.6) is 0 Å². The lowest BCUT2D eigenvalue weighted by molar-refractivity contribution is 0.0681. The number of aromatic amines is 1.